The number of aliphatic hydroxyl groups is 1. The van der Waals surface area contributed by atoms with Gasteiger partial charge in [0.05, 0.1) is 6.61 Å². The average molecular weight is 207 g/mol. The Morgan fingerprint density at radius 3 is 2.53 bits per heavy atom. The third-order valence-corrected chi connectivity index (χ3v) is 2.75. The maximum absolute atomic E-state index is 8.93. The predicted molar refractivity (Wildman–Crippen MR) is 65.6 cm³/mol. The van der Waals surface area contributed by atoms with E-state index >= 15 is 0 Å². The van der Waals surface area contributed by atoms with E-state index in [1.165, 1.54) is 16.8 Å². The largest absolute Gasteiger partial charge is 0.395 e. The first kappa shape index (κ1) is 12.1. The zero-order valence-electron chi connectivity index (χ0n) is 10.1. The van der Waals surface area contributed by atoms with Gasteiger partial charge in [-0.1, -0.05) is 26.0 Å². The molecule has 0 aliphatic rings. The van der Waals surface area contributed by atoms with Crippen LogP contribution in [0.3, 0.4) is 0 Å². The minimum atomic E-state index is 0.196. The molecule has 1 aromatic carbocycles. The standard InChI is InChI=1S/C13H21NO/c1-10(2)12-6-5-11(3)13(9-12)14(4)7-8-15/h5-6,9-10,15H,7-8H2,1-4H3. The number of benzene rings is 1. The summed E-state index contributed by atoms with van der Waals surface area (Å²) in [7, 11) is 2.02. The van der Waals surface area contributed by atoms with E-state index in [4.69, 9.17) is 5.11 Å². The zero-order valence-corrected chi connectivity index (χ0v) is 10.1. The van der Waals surface area contributed by atoms with Gasteiger partial charge in [0.25, 0.3) is 0 Å². The van der Waals surface area contributed by atoms with Gasteiger partial charge in [0.1, 0.15) is 0 Å². The summed E-state index contributed by atoms with van der Waals surface area (Å²) in [5, 5.41) is 8.93. The quantitative estimate of drug-likeness (QED) is 0.820. The number of aliphatic hydroxyl groups excluding tert-OH is 1. The van der Waals surface area contributed by atoms with Crippen molar-refractivity contribution in [2.45, 2.75) is 26.7 Å². The van der Waals surface area contributed by atoms with Crippen LogP contribution in [0.5, 0.6) is 0 Å². The van der Waals surface area contributed by atoms with Crippen LogP contribution in [0.15, 0.2) is 18.2 Å². The van der Waals surface area contributed by atoms with Crippen LogP contribution in [0, 0.1) is 6.92 Å². The Bertz CT molecular complexity index is 320. The van der Waals surface area contributed by atoms with Gasteiger partial charge < -0.3 is 10.0 Å². The predicted octanol–water partition coefficient (Wildman–Crippen LogP) is 2.55. The minimum Gasteiger partial charge on any atom is -0.395 e. The van der Waals surface area contributed by atoms with Gasteiger partial charge >= 0.3 is 0 Å². The van der Waals surface area contributed by atoms with Crippen molar-refractivity contribution in [2.75, 3.05) is 25.1 Å². The molecule has 0 amide bonds. The Morgan fingerprint density at radius 2 is 2.00 bits per heavy atom. The Labute approximate surface area is 92.5 Å². The molecule has 0 aliphatic carbocycles. The molecular weight excluding hydrogens is 186 g/mol. The first-order valence-corrected chi connectivity index (χ1v) is 5.48. The molecule has 0 heterocycles. The van der Waals surface area contributed by atoms with E-state index in [9.17, 15) is 0 Å². The molecule has 0 spiro atoms. The molecule has 15 heavy (non-hydrogen) atoms. The van der Waals surface area contributed by atoms with Crippen molar-refractivity contribution in [1.82, 2.24) is 0 Å². The van der Waals surface area contributed by atoms with Crippen molar-refractivity contribution in [1.29, 1.82) is 0 Å². The third kappa shape index (κ3) is 2.96. The van der Waals surface area contributed by atoms with E-state index in [0.29, 0.717) is 12.5 Å². The van der Waals surface area contributed by atoms with E-state index in [2.05, 4.69) is 43.9 Å². The normalized spacial score (nSPS) is 10.8. The highest BCUT2D eigenvalue weighted by Gasteiger charge is 2.07. The summed E-state index contributed by atoms with van der Waals surface area (Å²) in [5.41, 5.74) is 3.82. The number of rotatable bonds is 4. The van der Waals surface area contributed by atoms with Crippen molar-refractivity contribution in [3.05, 3.63) is 29.3 Å². The molecule has 1 rings (SSSR count). The molecule has 0 atom stereocenters. The molecule has 1 N–H and O–H groups in total. The second-order valence-corrected chi connectivity index (χ2v) is 4.35. The number of nitrogens with zero attached hydrogens (tertiary/aromatic N) is 1. The number of aryl methyl sites for hydroxylation is 1. The fourth-order valence-electron chi connectivity index (χ4n) is 1.67. The third-order valence-electron chi connectivity index (χ3n) is 2.75. The van der Waals surface area contributed by atoms with Crippen molar-refractivity contribution in [2.24, 2.45) is 0 Å². The Hall–Kier alpha value is -1.02. The van der Waals surface area contributed by atoms with Crippen LogP contribution in [0.4, 0.5) is 5.69 Å². The summed E-state index contributed by atoms with van der Waals surface area (Å²) < 4.78 is 0. The summed E-state index contributed by atoms with van der Waals surface area (Å²) in [4.78, 5) is 2.10. The second kappa shape index (κ2) is 5.17. The fourth-order valence-corrected chi connectivity index (χ4v) is 1.67. The summed E-state index contributed by atoms with van der Waals surface area (Å²) in [6, 6.07) is 6.55. The lowest BCUT2D eigenvalue weighted by Gasteiger charge is -2.22. The van der Waals surface area contributed by atoms with Crippen molar-refractivity contribution in [3.8, 4) is 0 Å². The Balaban J connectivity index is 2.99. The molecular formula is C13H21NO. The highest BCUT2D eigenvalue weighted by Crippen LogP contribution is 2.24. The number of hydrogen-bond acceptors (Lipinski definition) is 2. The number of anilines is 1. The van der Waals surface area contributed by atoms with Crippen LogP contribution in [0.2, 0.25) is 0 Å². The first-order chi connectivity index (χ1) is 7.06. The Kier molecular flexibility index (Phi) is 4.15. The van der Waals surface area contributed by atoms with Gasteiger partial charge in [-0.3, -0.25) is 0 Å². The molecule has 0 fully saturated rings. The molecule has 0 bridgehead atoms. The fraction of sp³-hybridized carbons (Fsp3) is 0.538. The minimum absolute atomic E-state index is 0.196. The van der Waals surface area contributed by atoms with Crippen LogP contribution in [0.1, 0.15) is 30.9 Å². The van der Waals surface area contributed by atoms with Crippen LogP contribution in [-0.2, 0) is 0 Å². The van der Waals surface area contributed by atoms with Gasteiger partial charge in [-0.2, -0.15) is 0 Å². The van der Waals surface area contributed by atoms with Crippen LogP contribution >= 0.6 is 0 Å². The first-order valence-electron chi connectivity index (χ1n) is 5.48. The van der Waals surface area contributed by atoms with Crippen LogP contribution in [-0.4, -0.2) is 25.3 Å². The van der Waals surface area contributed by atoms with Gasteiger partial charge in [0.15, 0.2) is 0 Å². The molecule has 0 radical (unpaired) electrons. The van der Waals surface area contributed by atoms with Crippen molar-refractivity contribution in [3.63, 3.8) is 0 Å². The van der Waals surface area contributed by atoms with Gasteiger partial charge in [-0.15, -0.1) is 0 Å². The highest BCUT2D eigenvalue weighted by atomic mass is 16.3. The molecule has 2 heteroatoms. The SMILES string of the molecule is Cc1ccc(C(C)C)cc1N(C)CCO. The number of hydrogen-bond donors (Lipinski definition) is 1. The van der Waals surface area contributed by atoms with E-state index in [1.807, 2.05) is 7.05 Å². The van der Waals surface area contributed by atoms with Crippen molar-refractivity contribution < 1.29 is 5.11 Å². The molecule has 1 aromatic rings. The molecule has 2 nitrogen and oxygen atoms in total. The summed E-state index contributed by atoms with van der Waals surface area (Å²) >= 11 is 0. The molecule has 0 aliphatic heterocycles. The van der Waals surface area contributed by atoms with E-state index in [-0.39, 0.29) is 6.61 Å². The molecule has 0 saturated carbocycles. The van der Waals surface area contributed by atoms with E-state index < -0.39 is 0 Å². The van der Waals surface area contributed by atoms with Gasteiger partial charge in [-0.05, 0) is 30.0 Å². The molecule has 0 saturated heterocycles. The summed E-state index contributed by atoms with van der Waals surface area (Å²) in [6.07, 6.45) is 0. The molecule has 84 valence electrons. The maximum Gasteiger partial charge on any atom is 0.0606 e. The zero-order chi connectivity index (χ0) is 11.4. The topological polar surface area (TPSA) is 23.5 Å². The lowest BCUT2D eigenvalue weighted by molar-refractivity contribution is 0.304. The van der Waals surface area contributed by atoms with Crippen LogP contribution < -0.4 is 4.90 Å². The van der Waals surface area contributed by atoms with Crippen molar-refractivity contribution >= 4 is 5.69 Å². The van der Waals surface area contributed by atoms with E-state index in [0.717, 1.165) is 0 Å². The monoisotopic (exact) mass is 207 g/mol. The van der Waals surface area contributed by atoms with Gasteiger partial charge in [0.2, 0.25) is 0 Å². The molecule has 0 aromatic heterocycles. The lowest BCUT2D eigenvalue weighted by atomic mass is 10.0. The second-order valence-electron chi connectivity index (χ2n) is 4.35. The lowest BCUT2D eigenvalue weighted by Crippen LogP contribution is -2.22. The van der Waals surface area contributed by atoms with E-state index in [1.54, 1.807) is 0 Å². The molecule has 0 unspecified atom stereocenters. The van der Waals surface area contributed by atoms with Gasteiger partial charge in [0, 0.05) is 19.3 Å². The number of likely N-dealkylation sites (N-methyl/N-ethyl adjacent to an activating group) is 1. The van der Waals surface area contributed by atoms with Crippen LogP contribution in [0.25, 0.3) is 0 Å². The smallest absolute Gasteiger partial charge is 0.0606 e. The maximum atomic E-state index is 8.93. The average Bonchev–Trinajstić information content (AvgIpc) is 2.18. The highest BCUT2D eigenvalue weighted by molar-refractivity contribution is 5.54. The van der Waals surface area contributed by atoms with Gasteiger partial charge in [-0.25, -0.2) is 0 Å². The summed E-state index contributed by atoms with van der Waals surface area (Å²) in [6.45, 7) is 7.37. The Morgan fingerprint density at radius 1 is 1.33 bits per heavy atom. The summed E-state index contributed by atoms with van der Waals surface area (Å²) in [5.74, 6) is 0.548.